The first-order valence-corrected chi connectivity index (χ1v) is 11.1. The zero-order valence-corrected chi connectivity index (χ0v) is 16.4. The molecule has 0 bridgehead atoms. The van der Waals surface area contributed by atoms with Gasteiger partial charge in [-0.1, -0.05) is 17.7 Å². The quantitative estimate of drug-likeness (QED) is 0.652. The Hall–Kier alpha value is -1.90. The van der Waals surface area contributed by atoms with E-state index < -0.39 is 9.84 Å². The van der Waals surface area contributed by atoms with Crippen LogP contribution in [0.3, 0.4) is 0 Å². The molecule has 3 aromatic rings. The summed E-state index contributed by atoms with van der Waals surface area (Å²) in [5.41, 5.74) is 1.66. The number of carbonyl (C=O) groups is 1. The molecule has 0 radical (unpaired) electrons. The normalized spacial score (nSPS) is 16.9. The van der Waals surface area contributed by atoms with Crippen molar-refractivity contribution in [1.82, 2.24) is 14.7 Å². The molecule has 26 heavy (non-hydrogen) atoms. The van der Waals surface area contributed by atoms with E-state index in [2.05, 4.69) is 5.10 Å². The maximum absolute atomic E-state index is 12.8. The maximum atomic E-state index is 12.8. The van der Waals surface area contributed by atoms with Crippen molar-refractivity contribution >= 4 is 48.9 Å². The maximum Gasteiger partial charge on any atom is 0.264 e. The van der Waals surface area contributed by atoms with Gasteiger partial charge in [-0.2, -0.15) is 5.10 Å². The van der Waals surface area contributed by atoms with Gasteiger partial charge in [-0.05, 0) is 31.2 Å². The molecule has 0 unspecified atom stereocenters. The van der Waals surface area contributed by atoms with Gasteiger partial charge in [0.15, 0.2) is 9.84 Å². The van der Waals surface area contributed by atoms with Crippen LogP contribution in [0, 0.1) is 6.92 Å². The van der Waals surface area contributed by atoms with Crippen LogP contribution in [-0.2, 0) is 9.84 Å². The Bertz CT molecular complexity index is 1100. The molecule has 0 N–H and O–H groups in total. The number of rotatable bonds is 2. The lowest BCUT2D eigenvalue weighted by molar-refractivity contribution is 0.0775. The van der Waals surface area contributed by atoms with Crippen LogP contribution in [0.5, 0.6) is 0 Å². The third-order valence-corrected chi connectivity index (χ3v) is 7.38. The van der Waals surface area contributed by atoms with Crippen molar-refractivity contribution in [1.29, 1.82) is 0 Å². The zero-order valence-electron chi connectivity index (χ0n) is 14.0. The Labute approximate surface area is 159 Å². The first-order valence-electron chi connectivity index (χ1n) is 8.09. The molecule has 1 aromatic carbocycles. The predicted octanol–water partition coefficient (Wildman–Crippen LogP) is 2.92. The third-order valence-electron chi connectivity index (χ3n) is 4.44. The van der Waals surface area contributed by atoms with Gasteiger partial charge in [-0.3, -0.25) is 4.79 Å². The number of thiophene rings is 1. The Morgan fingerprint density at radius 1 is 1.23 bits per heavy atom. The van der Waals surface area contributed by atoms with Crippen LogP contribution in [0.25, 0.3) is 15.9 Å². The van der Waals surface area contributed by atoms with Crippen molar-refractivity contribution in [2.24, 2.45) is 0 Å². The monoisotopic (exact) mass is 409 g/mol. The molecule has 3 heterocycles. The summed E-state index contributed by atoms with van der Waals surface area (Å²) in [6, 6.07) is 9.23. The smallest absolute Gasteiger partial charge is 0.264 e. The van der Waals surface area contributed by atoms with Gasteiger partial charge in [0.1, 0.15) is 4.83 Å². The topological polar surface area (TPSA) is 72.3 Å². The van der Waals surface area contributed by atoms with Crippen molar-refractivity contribution in [2.75, 3.05) is 24.6 Å². The van der Waals surface area contributed by atoms with Gasteiger partial charge in [-0.25, -0.2) is 13.1 Å². The molecule has 1 saturated heterocycles. The minimum atomic E-state index is -3.02. The summed E-state index contributed by atoms with van der Waals surface area (Å²) in [5, 5.41) is 6.09. The summed E-state index contributed by atoms with van der Waals surface area (Å²) in [7, 11) is -3.02. The molecule has 1 amide bonds. The molecule has 0 saturated carbocycles. The van der Waals surface area contributed by atoms with E-state index in [1.807, 2.05) is 31.2 Å². The van der Waals surface area contributed by atoms with E-state index in [9.17, 15) is 13.2 Å². The van der Waals surface area contributed by atoms with Crippen LogP contribution in [0.4, 0.5) is 0 Å². The molecule has 0 atom stereocenters. The summed E-state index contributed by atoms with van der Waals surface area (Å²) in [6.07, 6.45) is 0. The number of benzene rings is 1. The van der Waals surface area contributed by atoms with E-state index in [1.54, 1.807) is 15.6 Å². The van der Waals surface area contributed by atoms with E-state index in [0.29, 0.717) is 9.90 Å². The fourth-order valence-electron chi connectivity index (χ4n) is 3.01. The second kappa shape index (κ2) is 6.37. The van der Waals surface area contributed by atoms with Crippen LogP contribution in [0.1, 0.15) is 15.4 Å². The second-order valence-corrected chi connectivity index (χ2v) is 10.0. The van der Waals surface area contributed by atoms with Crippen molar-refractivity contribution in [2.45, 2.75) is 6.92 Å². The number of aromatic nitrogens is 2. The van der Waals surface area contributed by atoms with Crippen LogP contribution in [0.15, 0.2) is 30.3 Å². The van der Waals surface area contributed by atoms with E-state index >= 15 is 0 Å². The lowest BCUT2D eigenvalue weighted by atomic mass is 10.3. The molecule has 1 aliphatic heterocycles. The highest BCUT2D eigenvalue weighted by atomic mass is 35.5. The van der Waals surface area contributed by atoms with E-state index in [4.69, 9.17) is 11.6 Å². The Balaban J connectivity index is 1.70. The molecule has 6 nitrogen and oxygen atoms in total. The van der Waals surface area contributed by atoms with E-state index in [0.717, 1.165) is 21.6 Å². The third kappa shape index (κ3) is 3.13. The van der Waals surface area contributed by atoms with Crippen molar-refractivity contribution in [3.8, 4) is 5.69 Å². The molecule has 1 aliphatic rings. The molecule has 0 spiro atoms. The van der Waals surface area contributed by atoms with E-state index in [1.165, 1.54) is 11.3 Å². The van der Waals surface area contributed by atoms with Gasteiger partial charge < -0.3 is 4.90 Å². The molecule has 0 aliphatic carbocycles. The Morgan fingerprint density at radius 3 is 2.65 bits per heavy atom. The molecule has 1 fully saturated rings. The average Bonchev–Trinajstić information content (AvgIpc) is 3.15. The molecule has 9 heteroatoms. The fraction of sp³-hybridized carbons (Fsp3) is 0.294. The van der Waals surface area contributed by atoms with Crippen molar-refractivity contribution in [3.05, 3.63) is 45.9 Å². The summed E-state index contributed by atoms with van der Waals surface area (Å²) in [4.78, 5) is 15.9. The number of amides is 1. The number of hydrogen-bond acceptors (Lipinski definition) is 5. The van der Waals surface area contributed by atoms with Gasteiger partial charge in [0.05, 0.1) is 27.8 Å². The van der Waals surface area contributed by atoms with Crippen LogP contribution >= 0.6 is 22.9 Å². The summed E-state index contributed by atoms with van der Waals surface area (Å²) >= 11 is 7.45. The minimum absolute atomic E-state index is 0.0267. The standard InChI is InChI=1S/C17H16ClN3O3S2/c1-11-14-10-15(16(22)20-5-7-26(23,24)8-6-20)25-17(14)21(19-11)13-4-2-3-12(18)9-13/h2-4,9-10H,5-8H2,1H3. The van der Waals surface area contributed by atoms with Gasteiger partial charge in [0, 0.05) is 23.5 Å². The largest absolute Gasteiger partial charge is 0.336 e. The lowest BCUT2D eigenvalue weighted by Crippen LogP contribution is -2.43. The SMILES string of the molecule is Cc1nn(-c2cccc(Cl)c2)c2sc(C(=O)N3CCS(=O)(=O)CC3)cc12. The van der Waals surface area contributed by atoms with Gasteiger partial charge in [-0.15, -0.1) is 11.3 Å². The predicted molar refractivity (Wildman–Crippen MR) is 103 cm³/mol. The number of sulfone groups is 1. The van der Waals surface area contributed by atoms with Crippen LogP contribution < -0.4 is 0 Å². The van der Waals surface area contributed by atoms with Crippen molar-refractivity contribution < 1.29 is 13.2 Å². The number of hydrogen-bond donors (Lipinski definition) is 0. The summed E-state index contributed by atoms with van der Waals surface area (Å²) < 4.78 is 24.9. The molecule has 2 aromatic heterocycles. The van der Waals surface area contributed by atoms with Gasteiger partial charge in [0.25, 0.3) is 5.91 Å². The van der Waals surface area contributed by atoms with Gasteiger partial charge >= 0.3 is 0 Å². The lowest BCUT2D eigenvalue weighted by Gasteiger charge is -2.26. The summed E-state index contributed by atoms with van der Waals surface area (Å²) in [5.74, 6) is -0.0732. The van der Waals surface area contributed by atoms with Crippen molar-refractivity contribution in [3.63, 3.8) is 0 Å². The number of aryl methyl sites for hydroxylation is 1. The molecule has 136 valence electrons. The Kier molecular flexibility index (Phi) is 4.29. The fourth-order valence-corrected chi connectivity index (χ4v) is 5.54. The first kappa shape index (κ1) is 17.5. The Morgan fingerprint density at radius 2 is 1.96 bits per heavy atom. The average molecular weight is 410 g/mol. The molecule has 4 rings (SSSR count). The van der Waals surface area contributed by atoms with Crippen LogP contribution in [-0.4, -0.2) is 53.6 Å². The molecular formula is C17H16ClN3O3S2. The highest BCUT2D eigenvalue weighted by molar-refractivity contribution is 7.91. The second-order valence-electron chi connectivity index (χ2n) is 6.25. The number of halogens is 1. The van der Waals surface area contributed by atoms with Gasteiger partial charge in [0.2, 0.25) is 0 Å². The van der Waals surface area contributed by atoms with Crippen LogP contribution in [0.2, 0.25) is 5.02 Å². The highest BCUT2D eigenvalue weighted by Crippen LogP contribution is 2.31. The minimum Gasteiger partial charge on any atom is -0.336 e. The number of nitrogens with zero attached hydrogens (tertiary/aromatic N) is 3. The zero-order chi connectivity index (χ0) is 18.5. The molecular weight excluding hydrogens is 394 g/mol. The summed E-state index contributed by atoms with van der Waals surface area (Å²) in [6.45, 7) is 2.39. The highest BCUT2D eigenvalue weighted by Gasteiger charge is 2.27. The van der Waals surface area contributed by atoms with E-state index in [-0.39, 0.29) is 30.5 Å². The first-order chi connectivity index (χ1) is 12.3. The number of carbonyl (C=O) groups excluding carboxylic acids is 1. The number of fused-ring (bicyclic) bond motifs is 1.